The topological polar surface area (TPSA) is 58.6 Å². The molecule has 1 amide bonds. The van der Waals surface area contributed by atoms with Crippen molar-refractivity contribution in [3.8, 4) is 5.75 Å². The van der Waals surface area contributed by atoms with E-state index in [1.54, 1.807) is 35.6 Å². The summed E-state index contributed by atoms with van der Waals surface area (Å²) in [5, 5.41) is 17.1. The molecular formula is C19H19NO3S2. The molecule has 2 aromatic heterocycles. The van der Waals surface area contributed by atoms with E-state index >= 15 is 0 Å². The molecular weight excluding hydrogens is 354 g/mol. The average Bonchev–Trinajstić information content (AvgIpc) is 3.32. The second kappa shape index (κ2) is 8.29. The van der Waals surface area contributed by atoms with Gasteiger partial charge >= 0.3 is 0 Å². The van der Waals surface area contributed by atoms with Gasteiger partial charge in [-0.3, -0.25) is 4.79 Å². The molecule has 2 heterocycles. The molecule has 1 aromatic carbocycles. The Kier molecular flexibility index (Phi) is 5.86. The normalized spacial score (nSPS) is 11.9. The molecule has 0 aliphatic rings. The predicted molar refractivity (Wildman–Crippen MR) is 101 cm³/mol. The number of rotatable bonds is 7. The summed E-state index contributed by atoms with van der Waals surface area (Å²) >= 11 is 3.07. The Labute approximate surface area is 154 Å². The lowest BCUT2D eigenvalue weighted by atomic mass is 10.2. The van der Waals surface area contributed by atoms with Crippen LogP contribution in [0.1, 0.15) is 38.7 Å². The molecule has 0 aliphatic carbocycles. The number of amides is 1. The summed E-state index contributed by atoms with van der Waals surface area (Å²) in [7, 11) is 0. The lowest BCUT2D eigenvalue weighted by Gasteiger charge is -2.07. The van der Waals surface area contributed by atoms with Crippen molar-refractivity contribution >= 4 is 28.6 Å². The number of carbonyl (C=O) groups excluding carboxylic acids is 1. The van der Waals surface area contributed by atoms with Crippen LogP contribution in [0.2, 0.25) is 0 Å². The third kappa shape index (κ3) is 4.48. The van der Waals surface area contributed by atoms with E-state index in [9.17, 15) is 9.90 Å². The summed E-state index contributed by atoms with van der Waals surface area (Å²) in [6, 6.07) is 12.8. The number of hydrogen-bond acceptors (Lipinski definition) is 5. The van der Waals surface area contributed by atoms with E-state index in [1.165, 1.54) is 11.3 Å². The zero-order valence-corrected chi connectivity index (χ0v) is 15.4. The van der Waals surface area contributed by atoms with Crippen molar-refractivity contribution in [2.24, 2.45) is 0 Å². The molecule has 0 aliphatic heterocycles. The van der Waals surface area contributed by atoms with Gasteiger partial charge in [-0.25, -0.2) is 0 Å². The second-order valence-electron chi connectivity index (χ2n) is 5.40. The molecule has 6 heteroatoms. The first-order valence-electron chi connectivity index (χ1n) is 7.97. The summed E-state index contributed by atoms with van der Waals surface area (Å²) in [5.74, 6) is 0.626. The van der Waals surface area contributed by atoms with Crippen LogP contribution < -0.4 is 10.1 Å². The van der Waals surface area contributed by atoms with Gasteiger partial charge in [0.25, 0.3) is 5.91 Å². The Morgan fingerprint density at radius 3 is 2.68 bits per heavy atom. The van der Waals surface area contributed by atoms with Crippen molar-refractivity contribution < 1.29 is 14.6 Å². The van der Waals surface area contributed by atoms with Crippen molar-refractivity contribution in [1.82, 2.24) is 5.32 Å². The van der Waals surface area contributed by atoms with Crippen LogP contribution in [0, 0.1) is 0 Å². The van der Waals surface area contributed by atoms with E-state index in [0.29, 0.717) is 18.7 Å². The number of thiophene rings is 2. The van der Waals surface area contributed by atoms with E-state index in [2.05, 4.69) is 5.32 Å². The number of benzene rings is 1. The third-order valence-corrected chi connectivity index (χ3v) is 5.50. The number of carbonyl (C=O) groups is 1. The fourth-order valence-corrected chi connectivity index (χ4v) is 4.02. The Morgan fingerprint density at radius 2 is 2.00 bits per heavy atom. The van der Waals surface area contributed by atoms with E-state index < -0.39 is 6.10 Å². The molecule has 0 radical (unpaired) electrons. The van der Waals surface area contributed by atoms with Gasteiger partial charge in [0.15, 0.2) is 0 Å². The summed E-state index contributed by atoms with van der Waals surface area (Å²) in [5.41, 5.74) is 1.50. The lowest BCUT2D eigenvalue weighted by molar-refractivity contribution is 0.0951. The Hall–Kier alpha value is -2.15. The highest BCUT2D eigenvalue weighted by Gasteiger charge is 2.14. The maximum Gasteiger partial charge on any atom is 0.251 e. The maximum atomic E-state index is 12.2. The van der Waals surface area contributed by atoms with E-state index in [4.69, 9.17) is 4.74 Å². The standard InChI is InChI=1S/C19H19NO3S2/c1-2-23-15-5-3-13(4-6-15)19(22)20-11-16-7-8-17(25-16)18(21)14-9-10-24-12-14/h3-10,12,18,21H,2,11H2,1H3,(H,20,22). The van der Waals surface area contributed by atoms with Gasteiger partial charge in [-0.1, -0.05) is 0 Å². The van der Waals surface area contributed by atoms with Gasteiger partial charge in [0, 0.05) is 15.3 Å². The van der Waals surface area contributed by atoms with Gasteiger partial charge < -0.3 is 15.2 Å². The molecule has 0 saturated heterocycles. The molecule has 0 bridgehead atoms. The number of aliphatic hydroxyl groups is 1. The lowest BCUT2D eigenvalue weighted by Crippen LogP contribution is -2.22. The fourth-order valence-electron chi connectivity index (χ4n) is 2.37. The summed E-state index contributed by atoms with van der Waals surface area (Å²) in [6.07, 6.45) is -0.605. The summed E-state index contributed by atoms with van der Waals surface area (Å²) in [6.45, 7) is 2.96. The minimum Gasteiger partial charge on any atom is -0.494 e. The Morgan fingerprint density at radius 1 is 1.20 bits per heavy atom. The van der Waals surface area contributed by atoms with Crippen molar-refractivity contribution in [1.29, 1.82) is 0 Å². The number of aliphatic hydroxyl groups excluding tert-OH is 1. The highest BCUT2D eigenvalue weighted by molar-refractivity contribution is 7.12. The van der Waals surface area contributed by atoms with Crippen LogP contribution >= 0.6 is 22.7 Å². The van der Waals surface area contributed by atoms with Gasteiger partial charge in [0.2, 0.25) is 0 Å². The molecule has 3 rings (SSSR count). The summed E-state index contributed by atoms with van der Waals surface area (Å²) < 4.78 is 5.37. The molecule has 1 unspecified atom stereocenters. The first-order valence-corrected chi connectivity index (χ1v) is 9.73. The zero-order valence-electron chi connectivity index (χ0n) is 13.8. The molecule has 0 saturated carbocycles. The van der Waals surface area contributed by atoms with Crippen LogP contribution in [0.25, 0.3) is 0 Å². The van der Waals surface area contributed by atoms with Crippen LogP contribution in [-0.4, -0.2) is 17.6 Å². The van der Waals surface area contributed by atoms with Gasteiger partial charge in [0.05, 0.1) is 13.2 Å². The minimum absolute atomic E-state index is 0.128. The molecule has 3 aromatic rings. The minimum atomic E-state index is -0.605. The Bertz CT molecular complexity index is 810. The second-order valence-corrected chi connectivity index (χ2v) is 7.38. The SMILES string of the molecule is CCOc1ccc(C(=O)NCc2ccc(C(O)c3ccsc3)s2)cc1. The van der Waals surface area contributed by atoms with Crippen LogP contribution in [0.4, 0.5) is 0 Å². The van der Waals surface area contributed by atoms with Gasteiger partial charge in [-0.05, 0) is 65.7 Å². The smallest absolute Gasteiger partial charge is 0.251 e. The third-order valence-electron chi connectivity index (χ3n) is 3.66. The highest BCUT2D eigenvalue weighted by Crippen LogP contribution is 2.29. The van der Waals surface area contributed by atoms with Crippen molar-refractivity contribution in [2.45, 2.75) is 19.6 Å². The Balaban J connectivity index is 1.57. The number of nitrogens with one attached hydrogen (secondary N) is 1. The van der Waals surface area contributed by atoms with Crippen LogP contribution in [0.15, 0.2) is 53.2 Å². The number of hydrogen-bond donors (Lipinski definition) is 2. The largest absolute Gasteiger partial charge is 0.494 e. The van der Waals surface area contributed by atoms with Crippen molar-refractivity contribution in [2.75, 3.05) is 6.61 Å². The average molecular weight is 373 g/mol. The first-order chi connectivity index (χ1) is 12.2. The van der Waals surface area contributed by atoms with Crippen LogP contribution in [0.5, 0.6) is 5.75 Å². The number of ether oxygens (including phenoxy) is 1. The fraction of sp³-hybridized carbons (Fsp3) is 0.211. The maximum absolute atomic E-state index is 12.2. The molecule has 0 fully saturated rings. The zero-order chi connectivity index (χ0) is 17.6. The van der Waals surface area contributed by atoms with E-state index in [1.807, 2.05) is 35.9 Å². The molecule has 0 spiro atoms. The molecule has 4 nitrogen and oxygen atoms in total. The summed E-state index contributed by atoms with van der Waals surface area (Å²) in [4.78, 5) is 14.1. The predicted octanol–water partition coefficient (Wildman–Crippen LogP) is 4.22. The molecule has 25 heavy (non-hydrogen) atoms. The van der Waals surface area contributed by atoms with E-state index in [-0.39, 0.29) is 5.91 Å². The molecule has 1 atom stereocenters. The van der Waals surface area contributed by atoms with Crippen molar-refractivity contribution in [3.05, 3.63) is 74.1 Å². The quantitative estimate of drug-likeness (QED) is 0.652. The van der Waals surface area contributed by atoms with E-state index in [0.717, 1.165) is 21.1 Å². The first kappa shape index (κ1) is 17.7. The van der Waals surface area contributed by atoms with Gasteiger partial charge in [-0.15, -0.1) is 11.3 Å². The van der Waals surface area contributed by atoms with Crippen molar-refractivity contribution in [3.63, 3.8) is 0 Å². The molecule has 130 valence electrons. The highest BCUT2D eigenvalue weighted by atomic mass is 32.1. The van der Waals surface area contributed by atoms with Crippen LogP contribution in [0.3, 0.4) is 0 Å². The molecule has 2 N–H and O–H groups in total. The van der Waals surface area contributed by atoms with Gasteiger partial charge in [-0.2, -0.15) is 11.3 Å². The monoisotopic (exact) mass is 373 g/mol. The van der Waals surface area contributed by atoms with Crippen LogP contribution in [-0.2, 0) is 6.54 Å². The van der Waals surface area contributed by atoms with Gasteiger partial charge in [0.1, 0.15) is 11.9 Å².